The summed E-state index contributed by atoms with van der Waals surface area (Å²) in [5.74, 6) is -0.132. The molecule has 2 aromatic carbocycles. The van der Waals surface area contributed by atoms with Gasteiger partial charge in [-0.25, -0.2) is 4.39 Å². The third-order valence-corrected chi connectivity index (χ3v) is 3.88. The van der Waals surface area contributed by atoms with Crippen LogP contribution in [0.15, 0.2) is 36.4 Å². The maximum atomic E-state index is 14.3. The third kappa shape index (κ3) is 2.91. The van der Waals surface area contributed by atoms with E-state index >= 15 is 0 Å². The lowest BCUT2D eigenvalue weighted by Crippen LogP contribution is -2.15. The normalized spacial score (nSPS) is 14.6. The lowest BCUT2D eigenvalue weighted by molar-refractivity contribution is 0.623. The maximum Gasteiger partial charge on any atom is 0.131 e. The Kier molecular flexibility index (Phi) is 3.58. The quantitative estimate of drug-likeness (QED) is 0.869. The van der Waals surface area contributed by atoms with Gasteiger partial charge in [0.15, 0.2) is 0 Å². The van der Waals surface area contributed by atoms with Gasteiger partial charge in [-0.3, -0.25) is 0 Å². The molecule has 0 aromatic heterocycles. The molecule has 1 N–H and O–H groups in total. The molecular weight excluding hydrogens is 249 g/mol. The Morgan fingerprint density at radius 3 is 2.45 bits per heavy atom. The summed E-state index contributed by atoms with van der Waals surface area (Å²) < 4.78 is 14.3. The van der Waals surface area contributed by atoms with Crippen molar-refractivity contribution in [3.8, 4) is 11.1 Å². The predicted octanol–water partition coefficient (Wildman–Crippen LogP) is 4.36. The van der Waals surface area contributed by atoms with Crippen LogP contribution in [0.2, 0.25) is 0 Å². The second-order valence-corrected chi connectivity index (χ2v) is 5.79. The summed E-state index contributed by atoms with van der Waals surface area (Å²) in [7, 11) is 0. The van der Waals surface area contributed by atoms with Crippen molar-refractivity contribution in [2.75, 3.05) is 0 Å². The van der Waals surface area contributed by atoms with Crippen LogP contribution in [0.1, 0.15) is 29.5 Å². The second kappa shape index (κ2) is 5.37. The highest BCUT2D eigenvalue weighted by atomic mass is 19.1. The van der Waals surface area contributed by atoms with E-state index in [-0.39, 0.29) is 5.82 Å². The molecule has 0 bridgehead atoms. The monoisotopic (exact) mass is 269 g/mol. The van der Waals surface area contributed by atoms with E-state index < -0.39 is 0 Å². The molecule has 1 aliphatic carbocycles. The van der Waals surface area contributed by atoms with Gasteiger partial charge >= 0.3 is 0 Å². The molecule has 1 aliphatic rings. The van der Waals surface area contributed by atoms with Crippen LogP contribution in [0.25, 0.3) is 11.1 Å². The highest BCUT2D eigenvalue weighted by Gasteiger charge is 2.20. The van der Waals surface area contributed by atoms with Crippen molar-refractivity contribution in [1.29, 1.82) is 0 Å². The number of aryl methyl sites for hydroxylation is 2. The van der Waals surface area contributed by atoms with Crippen molar-refractivity contribution in [3.05, 3.63) is 58.9 Å². The van der Waals surface area contributed by atoms with E-state index in [0.29, 0.717) is 11.6 Å². The van der Waals surface area contributed by atoms with Gasteiger partial charge in [-0.15, -0.1) is 0 Å². The van der Waals surface area contributed by atoms with Crippen LogP contribution in [0.4, 0.5) is 4.39 Å². The van der Waals surface area contributed by atoms with E-state index in [1.807, 2.05) is 31.2 Å². The molecule has 0 unspecified atom stereocenters. The summed E-state index contributed by atoms with van der Waals surface area (Å²) >= 11 is 0. The van der Waals surface area contributed by atoms with Crippen LogP contribution >= 0.6 is 0 Å². The molecule has 0 radical (unpaired) electrons. The SMILES string of the molecule is Cc1ccc(-c2ccc(CNC3CC3)cc2F)c(C)c1. The first-order valence-electron chi connectivity index (χ1n) is 7.23. The summed E-state index contributed by atoms with van der Waals surface area (Å²) in [6.07, 6.45) is 2.51. The van der Waals surface area contributed by atoms with E-state index in [9.17, 15) is 4.39 Å². The zero-order valence-electron chi connectivity index (χ0n) is 12.0. The number of hydrogen-bond acceptors (Lipinski definition) is 1. The molecule has 2 heteroatoms. The molecule has 0 saturated heterocycles. The average Bonchev–Trinajstić information content (AvgIpc) is 3.22. The first-order chi connectivity index (χ1) is 9.63. The Hall–Kier alpha value is -1.67. The fourth-order valence-electron chi connectivity index (χ4n) is 2.55. The molecule has 0 aliphatic heterocycles. The third-order valence-electron chi connectivity index (χ3n) is 3.88. The Morgan fingerprint density at radius 1 is 1.05 bits per heavy atom. The van der Waals surface area contributed by atoms with Gasteiger partial charge < -0.3 is 5.32 Å². The van der Waals surface area contributed by atoms with Crippen molar-refractivity contribution in [2.24, 2.45) is 0 Å². The molecule has 2 aromatic rings. The Bertz CT molecular complexity index is 629. The summed E-state index contributed by atoms with van der Waals surface area (Å²) in [5.41, 5.74) is 5.01. The largest absolute Gasteiger partial charge is 0.310 e. The van der Waals surface area contributed by atoms with Gasteiger partial charge in [0.1, 0.15) is 5.82 Å². The van der Waals surface area contributed by atoms with E-state index in [1.165, 1.54) is 18.4 Å². The van der Waals surface area contributed by atoms with E-state index in [0.717, 1.165) is 23.2 Å². The molecule has 1 fully saturated rings. The Morgan fingerprint density at radius 2 is 1.80 bits per heavy atom. The molecule has 0 atom stereocenters. The Balaban J connectivity index is 1.85. The van der Waals surface area contributed by atoms with Gasteiger partial charge in [0.25, 0.3) is 0 Å². The van der Waals surface area contributed by atoms with Crippen LogP contribution < -0.4 is 5.32 Å². The standard InChI is InChI=1S/C18H20FN/c1-12-3-7-16(13(2)9-12)17-8-4-14(10-18(17)19)11-20-15-5-6-15/h3-4,7-10,15,20H,5-6,11H2,1-2H3. The summed E-state index contributed by atoms with van der Waals surface area (Å²) in [5, 5.41) is 3.41. The number of rotatable bonds is 4. The summed E-state index contributed by atoms with van der Waals surface area (Å²) in [4.78, 5) is 0. The topological polar surface area (TPSA) is 12.0 Å². The van der Waals surface area contributed by atoms with E-state index in [2.05, 4.69) is 18.3 Å². The van der Waals surface area contributed by atoms with Crippen molar-refractivity contribution < 1.29 is 4.39 Å². The lowest BCUT2D eigenvalue weighted by atomic mass is 9.97. The van der Waals surface area contributed by atoms with Crippen LogP contribution in [0.5, 0.6) is 0 Å². The van der Waals surface area contributed by atoms with E-state index in [1.54, 1.807) is 6.07 Å². The highest BCUT2D eigenvalue weighted by molar-refractivity contribution is 5.68. The molecule has 1 saturated carbocycles. The molecule has 0 heterocycles. The van der Waals surface area contributed by atoms with Gasteiger partial charge in [0, 0.05) is 18.2 Å². The maximum absolute atomic E-state index is 14.3. The number of halogens is 1. The van der Waals surface area contributed by atoms with Crippen LogP contribution in [-0.4, -0.2) is 6.04 Å². The van der Waals surface area contributed by atoms with Crippen LogP contribution in [0, 0.1) is 19.7 Å². The summed E-state index contributed by atoms with van der Waals surface area (Å²) in [6.45, 7) is 4.85. The minimum Gasteiger partial charge on any atom is -0.310 e. The highest BCUT2D eigenvalue weighted by Crippen LogP contribution is 2.28. The summed E-state index contributed by atoms with van der Waals surface area (Å²) in [6, 6.07) is 12.4. The van der Waals surface area contributed by atoms with Crippen LogP contribution in [0.3, 0.4) is 0 Å². The molecular formula is C18H20FN. The predicted molar refractivity (Wildman–Crippen MR) is 81.2 cm³/mol. The van der Waals surface area contributed by atoms with Crippen molar-refractivity contribution >= 4 is 0 Å². The molecule has 3 rings (SSSR count). The van der Waals surface area contributed by atoms with Gasteiger partial charge in [-0.2, -0.15) is 0 Å². The Labute approximate surface area is 119 Å². The van der Waals surface area contributed by atoms with Gasteiger partial charge in [0.2, 0.25) is 0 Å². The smallest absolute Gasteiger partial charge is 0.131 e. The zero-order valence-corrected chi connectivity index (χ0v) is 12.0. The van der Waals surface area contributed by atoms with Crippen molar-refractivity contribution in [3.63, 3.8) is 0 Å². The minimum absolute atomic E-state index is 0.132. The fourth-order valence-corrected chi connectivity index (χ4v) is 2.55. The number of benzene rings is 2. The van der Waals surface area contributed by atoms with Gasteiger partial charge in [-0.05, 0) is 49.4 Å². The van der Waals surface area contributed by atoms with Crippen LogP contribution in [-0.2, 0) is 6.54 Å². The van der Waals surface area contributed by atoms with E-state index in [4.69, 9.17) is 0 Å². The average molecular weight is 269 g/mol. The number of hydrogen-bond donors (Lipinski definition) is 1. The van der Waals surface area contributed by atoms with Gasteiger partial charge in [-0.1, -0.05) is 35.9 Å². The first-order valence-corrected chi connectivity index (χ1v) is 7.23. The first kappa shape index (κ1) is 13.3. The van der Waals surface area contributed by atoms with Crippen molar-refractivity contribution in [1.82, 2.24) is 5.32 Å². The van der Waals surface area contributed by atoms with Gasteiger partial charge in [0.05, 0.1) is 0 Å². The molecule has 1 nitrogen and oxygen atoms in total. The number of nitrogens with one attached hydrogen (secondary N) is 1. The minimum atomic E-state index is -0.132. The molecule has 104 valence electrons. The molecule has 0 spiro atoms. The van der Waals surface area contributed by atoms with Crippen molar-refractivity contribution in [2.45, 2.75) is 39.3 Å². The fraction of sp³-hybridized carbons (Fsp3) is 0.333. The second-order valence-electron chi connectivity index (χ2n) is 5.79. The lowest BCUT2D eigenvalue weighted by Gasteiger charge is -2.10. The molecule has 20 heavy (non-hydrogen) atoms. The molecule has 0 amide bonds. The zero-order chi connectivity index (χ0) is 14.1.